The van der Waals surface area contributed by atoms with Crippen molar-refractivity contribution in [2.24, 2.45) is 5.41 Å². The highest BCUT2D eigenvalue weighted by molar-refractivity contribution is 5.76. The van der Waals surface area contributed by atoms with Gasteiger partial charge in [0.15, 0.2) is 0 Å². The van der Waals surface area contributed by atoms with E-state index in [1.165, 1.54) is 0 Å². The molecule has 0 bridgehead atoms. The molecule has 0 aliphatic carbocycles. The standard InChI is InChI=1S/C13H24N2O4/c1-4-19-10-9-14(3)12(18)15-7-5-13(2,6-8-15)11(16)17/h4-10H2,1-3H3,(H,16,17). The van der Waals surface area contributed by atoms with Gasteiger partial charge in [-0.25, -0.2) is 4.79 Å². The third kappa shape index (κ3) is 4.09. The number of carbonyl (C=O) groups excluding carboxylic acids is 1. The Hall–Kier alpha value is -1.30. The van der Waals surface area contributed by atoms with Crippen LogP contribution in [-0.2, 0) is 9.53 Å². The van der Waals surface area contributed by atoms with E-state index in [1.807, 2.05) is 6.92 Å². The summed E-state index contributed by atoms with van der Waals surface area (Å²) in [6.45, 7) is 6.39. The van der Waals surface area contributed by atoms with E-state index < -0.39 is 11.4 Å². The molecular formula is C13H24N2O4. The topological polar surface area (TPSA) is 70.1 Å². The normalized spacial score (nSPS) is 18.2. The van der Waals surface area contributed by atoms with E-state index in [0.717, 1.165) is 0 Å². The molecule has 0 aromatic rings. The minimum atomic E-state index is -0.774. The van der Waals surface area contributed by atoms with Crippen LogP contribution in [0.1, 0.15) is 26.7 Å². The van der Waals surface area contributed by atoms with Crippen molar-refractivity contribution >= 4 is 12.0 Å². The zero-order chi connectivity index (χ0) is 14.5. The number of nitrogens with zero attached hydrogens (tertiary/aromatic N) is 2. The summed E-state index contributed by atoms with van der Waals surface area (Å²) in [6.07, 6.45) is 1.01. The highest BCUT2D eigenvalue weighted by Crippen LogP contribution is 2.31. The predicted octanol–water partition coefficient (Wildman–Crippen LogP) is 1.26. The van der Waals surface area contributed by atoms with Gasteiger partial charge in [0.25, 0.3) is 0 Å². The Morgan fingerprint density at radius 3 is 2.42 bits per heavy atom. The van der Waals surface area contributed by atoms with Crippen LogP contribution in [0.3, 0.4) is 0 Å². The predicted molar refractivity (Wildman–Crippen MR) is 71.1 cm³/mol. The largest absolute Gasteiger partial charge is 0.481 e. The summed E-state index contributed by atoms with van der Waals surface area (Å²) >= 11 is 0. The Morgan fingerprint density at radius 1 is 1.37 bits per heavy atom. The number of aliphatic carboxylic acids is 1. The average molecular weight is 272 g/mol. The van der Waals surface area contributed by atoms with E-state index in [2.05, 4.69) is 0 Å². The quantitative estimate of drug-likeness (QED) is 0.765. The second-order valence-electron chi connectivity index (χ2n) is 5.25. The number of ether oxygens (including phenoxy) is 1. The average Bonchev–Trinajstić information content (AvgIpc) is 2.39. The smallest absolute Gasteiger partial charge is 0.319 e. The molecule has 19 heavy (non-hydrogen) atoms. The van der Waals surface area contributed by atoms with E-state index in [0.29, 0.717) is 45.7 Å². The third-order valence-electron chi connectivity index (χ3n) is 3.76. The summed E-state index contributed by atoms with van der Waals surface area (Å²) in [6, 6.07) is -0.0489. The molecule has 1 heterocycles. The van der Waals surface area contributed by atoms with Crippen molar-refractivity contribution in [1.82, 2.24) is 9.80 Å². The molecule has 1 rings (SSSR count). The number of hydrogen-bond acceptors (Lipinski definition) is 3. The monoisotopic (exact) mass is 272 g/mol. The van der Waals surface area contributed by atoms with Crippen LogP contribution in [-0.4, -0.2) is 66.8 Å². The minimum Gasteiger partial charge on any atom is -0.481 e. The van der Waals surface area contributed by atoms with Crippen molar-refractivity contribution in [2.45, 2.75) is 26.7 Å². The SMILES string of the molecule is CCOCCN(C)C(=O)N1CCC(C)(C(=O)O)CC1. The summed E-state index contributed by atoms with van der Waals surface area (Å²) < 4.78 is 5.22. The fourth-order valence-electron chi connectivity index (χ4n) is 2.09. The number of urea groups is 1. The molecule has 2 amide bonds. The van der Waals surface area contributed by atoms with E-state index >= 15 is 0 Å². The molecular weight excluding hydrogens is 248 g/mol. The fourth-order valence-corrected chi connectivity index (χ4v) is 2.09. The van der Waals surface area contributed by atoms with Crippen molar-refractivity contribution in [1.29, 1.82) is 0 Å². The molecule has 1 aliphatic heterocycles. The van der Waals surface area contributed by atoms with Gasteiger partial charge in [-0.05, 0) is 26.7 Å². The van der Waals surface area contributed by atoms with Gasteiger partial charge >= 0.3 is 12.0 Å². The van der Waals surface area contributed by atoms with Crippen molar-refractivity contribution in [3.05, 3.63) is 0 Å². The number of likely N-dealkylation sites (N-methyl/N-ethyl adjacent to an activating group) is 1. The van der Waals surface area contributed by atoms with Gasteiger partial charge in [0, 0.05) is 33.3 Å². The van der Waals surface area contributed by atoms with Gasteiger partial charge in [0.05, 0.1) is 12.0 Å². The van der Waals surface area contributed by atoms with Gasteiger partial charge in [0.2, 0.25) is 0 Å². The van der Waals surface area contributed by atoms with Gasteiger partial charge in [-0.3, -0.25) is 4.79 Å². The first-order chi connectivity index (χ1) is 8.90. The molecule has 6 nitrogen and oxygen atoms in total. The highest BCUT2D eigenvalue weighted by Gasteiger charge is 2.38. The zero-order valence-corrected chi connectivity index (χ0v) is 12.0. The van der Waals surface area contributed by atoms with Crippen molar-refractivity contribution in [2.75, 3.05) is 39.9 Å². The molecule has 0 aromatic heterocycles. The summed E-state index contributed by atoms with van der Waals surface area (Å²) in [4.78, 5) is 26.6. The molecule has 0 radical (unpaired) electrons. The molecule has 6 heteroatoms. The number of carboxylic acids is 1. The minimum absolute atomic E-state index is 0.0489. The lowest BCUT2D eigenvalue weighted by Gasteiger charge is -2.38. The van der Waals surface area contributed by atoms with Gasteiger partial charge in [-0.1, -0.05) is 0 Å². The summed E-state index contributed by atoms with van der Waals surface area (Å²) in [7, 11) is 1.74. The molecule has 0 atom stereocenters. The lowest BCUT2D eigenvalue weighted by molar-refractivity contribution is -0.150. The first kappa shape index (κ1) is 15.8. The second kappa shape index (κ2) is 6.75. The number of hydrogen-bond donors (Lipinski definition) is 1. The van der Waals surface area contributed by atoms with Crippen molar-refractivity contribution < 1.29 is 19.4 Å². The van der Waals surface area contributed by atoms with E-state index in [1.54, 1.807) is 23.8 Å². The van der Waals surface area contributed by atoms with Crippen LogP contribution < -0.4 is 0 Å². The van der Waals surface area contributed by atoms with Crippen molar-refractivity contribution in [3.63, 3.8) is 0 Å². The summed E-state index contributed by atoms with van der Waals surface area (Å²) in [5.41, 5.74) is -0.694. The molecule has 1 saturated heterocycles. The molecule has 0 unspecified atom stereocenters. The van der Waals surface area contributed by atoms with Gasteiger partial charge in [-0.15, -0.1) is 0 Å². The Morgan fingerprint density at radius 2 is 1.95 bits per heavy atom. The zero-order valence-electron chi connectivity index (χ0n) is 12.0. The first-order valence-corrected chi connectivity index (χ1v) is 6.72. The summed E-state index contributed by atoms with van der Waals surface area (Å²) in [5, 5.41) is 9.14. The van der Waals surface area contributed by atoms with E-state index in [4.69, 9.17) is 9.84 Å². The molecule has 0 aromatic carbocycles. The maximum atomic E-state index is 12.1. The van der Waals surface area contributed by atoms with E-state index in [-0.39, 0.29) is 6.03 Å². The van der Waals surface area contributed by atoms with Crippen LogP contribution in [0.15, 0.2) is 0 Å². The number of rotatable bonds is 5. The molecule has 1 N–H and O–H groups in total. The van der Waals surface area contributed by atoms with E-state index in [9.17, 15) is 9.59 Å². The van der Waals surface area contributed by atoms with Crippen LogP contribution in [0, 0.1) is 5.41 Å². The lowest BCUT2D eigenvalue weighted by atomic mass is 9.80. The fraction of sp³-hybridized carbons (Fsp3) is 0.846. The first-order valence-electron chi connectivity index (χ1n) is 6.72. The Balaban J connectivity index is 2.42. The maximum absolute atomic E-state index is 12.1. The van der Waals surface area contributed by atoms with Gasteiger partial charge < -0.3 is 19.6 Å². The lowest BCUT2D eigenvalue weighted by Crippen LogP contribution is -2.49. The molecule has 1 aliphatic rings. The molecule has 0 spiro atoms. The number of piperidine rings is 1. The Bertz CT molecular complexity index is 325. The third-order valence-corrected chi connectivity index (χ3v) is 3.76. The Labute approximate surface area is 114 Å². The van der Waals surface area contributed by atoms with Gasteiger partial charge in [-0.2, -0.15) is 0 Å². The maximum Gasteiger partial charge on any atom is 0.319 e. The molecule has 1 fully saturated rings. The molecule has 110 valence electrons. The number of carbonyl (C=O) groups is 2. The second-order valence-corrected chi connectivity index (χ2v) is 5.25. The van der Waals surface area contributed by atoms with Crippen LogP contribution in [0.2, 0.25) is 0 Å². The van der Waals surface area contributed by atoms with Gasteiger partial charge in [0.1, 0.15) is 0 Å². The number of amides is 2. The van der Waals surface area contributed by atoms with Crippen LogP contribution in [0.5, 0.6) is 0 Å². The number of likely N-dealkylation sites (tertiary alicyclic amines) is 1. The molecule has 0 saturated carbocycles. The van der Waals surface area contributed by atoms with Crippen LogP contribution in [0.4, 0.5) is 4.79 Å². The highest BCUT2D eigenvalue weighted by atomic mass is 16.5. The van der Waals surface area contributed by atoms with Crippen molar-refractivity contribution in [3.8, 4) is 0 Å². The van der Waals surface area contributed by atoms with Crippen LogP contribution >= 0.6 is 0 Å². The number of carboxylic acid groups (broad SMARTS) is 1. The van der Waals surface area contributed by atoms with Crippen LogP contribution in [0.25, 0.3) is 0 Å². The summed E-state index contributed by atoms with van der Waals surface area (Å²) in [5.74, 6) is -0.774. The Kier molecular flexibility index (Phi) is 5.60.